The zero-order valence-electron chi connectivity index (χ0n) is 13.1. The van der Waals surface area contributed by atoms with E-state index >= 15 is 0 Å². The van der Waals surface area contributed by atoms with Gasteiger partial charge in [0.1, 0.15) is 23.7 Å². The number of nitrogens with zero attached hydrogens (tertiary/aromatic N) is 2. The minimum Gasteiger partial charge on any atom is -0.492 e. The van der Waals surface area contributed by atoms with E-state index in [9.17, 15) is 9.18 Å². The second-order valence-electron chi connectivity index (χ2n) is 6.25. The normalized spacial score (nSPS) is 25.9. The Morgan fingerprint density at radius 1 is 1.18 bits per heavy atom. The van der Waals surface area contributed by atoms with Gasteiger partial charge in [0.05, 0.1) is 0 Å². The first-order valence-corrected chi connectivity index (χ1v) is 8.01. The number of carbonyl (C=O) groups is 1. The molecule has 0 bridgehead atoms. The lowest BCUT2D eigenvalue weighted by Gasteiger charge is -2.43. The molecule has 4 nitrogen and oxygen atoms in total. The molecule has 0 aliphatic carbocycles. The SMILES string of the molecule is CN1CCCC2(CCCN2CCOc2ccc(F)cc2)C1=O. The monoisotopic (exact) mass is 306 g/mol. The molecule has 2 heterocycles. The van der Waals surface area contributed by atoms with Crippen LogP contribution in [0.15, 0.2) is 24.3 Å². The molecule has 2 fully saturated rings. The fourth-order valence-electron chi connectivity index (χ4n) is 3.76. The quantitative estimate of drug-likeness (QED) is 0.855. The molecule has 1 aromatic rings. The van der Waals surface area contributed by atoms with E-state index in [1.807, 2.05) is 11.9 Å². The first-order chi connectivity index (χ1) is 10.6. The van der Waals surface area contributed by atoms with Crippen LogP contribution in [0.4, 0.5) is 4.39 Å². The Labute approximate surface area is 130 Å². The minimum atomic E-state index is -0.306. The lowest BCUT2D eigenvalue weighted by molar-refractivity contribution is -0.145. The van der Waals surface area contributed by atoms with Gasteiger partial charge >= 0.3 is 0 Å². The summed E-state index contributed by atoms with van der Waals surface area (Å²) >= 11 is 0. The van der Waals surface area contributed by atoms with Crippen molar-refractivity contribution >= 4 is 5.91 Å². The van der Waals surface area contributed by atoms with Gasteiger partial charge in [0, 0.05) is 20.1 Å². The third-order valence-corrected chi connectivity index (χ3v) is 4.90. The van der Waals surface area contributed by atoms with Crippen molar-refractivity contribution in [2.75, 3.05) is 33.3 Å². The highest BCUT2D eigenvalue weighted by Gasteiger charge is 2.49. The van der Waals surface area contributed by atoms with Crippen molar-refractivity contribution < 1.29 is 13.9 Å². The van der Waals surface area contributed by atoms with Crippen LogP contribution < -0.4 is 4.74 Å². The maximum absolute atomic E-state index is 12.9. The van der Waals surface area contributed by atoms with Gasteiger partial charge in [-0.2, -0.15) is 0 Å². The molecule has 1 aromatic carbocycles. The van der Waals surface area contributed by atoms with Crippen LogP contribution in [0.2, 0.25) is 0 Å². The topological polar surface area (TPSA) is 32.8 Å². The number of piperidine rings is 1. The van der Waals surface area contributed by atoms with Crippen LogP contribution in [0, 0.1) is 5.82 Å². The van der Waals surface area contributed by atoms with E-state index in [1.54, 1.807) is 12.1 Å². The van der Waals surface area contributed by atoms with Crippen LogP contribution in [-0.4, -0.2) is 54.5 Å². The number of ether oxygens (including phenoxy) is 1. The highest BCUT2D eigenvalue weighted by Crippen LogP contribution is 2.37. The molecule has 0 aromatic heterocycles. The Hall–Kier alpha value is -1.62. The molecule has 1 atom stereocenters. The van der Waals surface area contributed by atoms with Gasteiger partial charge in [-0.15, -0.1) is 0 Å². The first-order valence-electron chi connectivity index (χ1n) is 8.01. The van der Waals surface area contributed by atoms with Crippen molar-refractivity contribution in [2.24, 2.45) is 0 Å². The van der Waals surface area contributed by atoms with Crippen LogP contribution in [0.3, 0.4) is 0 Å². The fraction of sp³-hybridized carbons (Fsp3) is 0.588. The smallest absolute Gasteiger partial charge is 0.242 e. The summed E-state index contributed by atoms with van der Waals surface area (Å²) in [7, 11) is 1.90. The third-order valence-electron chi connectivity index (χ3n) is 4.90. The largest absolute Gasteiger partial charge is 0.492 e. The molecule has 120 valence electrons. The number of hydrogen-bond donors (Lipinski definition) is 0. The van der Waals surface area contributed by atoms with E-state index in [0.717, 1.165) is 45.3 Å². The Morgan fingerprint density at radius 3 is 2.59 bits per heavy atom. The molecular weight excluding hydrogens is 283 g/mol. The molecule has 0 radical (unpaired) electrons. The molecule has 3 rings (SSSR count). The maximum Gasteiger partial charge on any atom is 0.242 e. The molecule has 0 N–H and O–H groups in total. The molecule has 0 saturated carbocycles. The Morgan fingerprint density at radius 2 is 1.86 bits per heavy atom. The number of halogens is 1. The lowest BCUT2D eigenvalue weighted by Crippen LogP contribution is -2.59. The summed E-state index contributed by atoms with van der Waals surface area (Å²) in [5, 5.41) is 0. The average molecular weight is 306 g/mol. The van der Waals surface area contributed by atoms with Crippen LogP contribution >= 0.6 is 0 Å². The highest BCUT2D eigenvalue weighted by molar-refractivity contribution is 5.87. The predicted octanol–water partition coefficient (Wildman–Crippen LogP) is 2.29. The minimum absolute atomic E-state index is 0.262. The van der Waals surface area contributed by atoms with E-state index < -0.39 is 0 Å². The second-order valence-corrected chi connectivity index (χ2v) is 6.25. The van der Waals surface area contributed by atoms with Crippen molar-refractivity contribution in [1.29, 1.82) is 0 Å². The van der Waals surface area contributed by atoms with E-state index in [-0.39, 0.29) is 17.3 Å². The zero-order valence-corrected chi connectivity index (χ0v) is 13.1. The molecule has 1 amide bonds. The summed E-state index contributed by atoms with van der Waals surface area (Å²) < 4.78 is 18.6. The lowest BCUT2D eigenvalue weighted by atomic mass is 9.85. The Balaban J connectivity index is 1.59. The Bertz CT molecular complexity index is 534. The van der Waals surface area contributed by atoms with Crippen LogP contribution in [0.5, 0.6) is 5.75 Å². The second kappa shape index (κ2) is 6.24. The number of carbonyl (C=O) groups excluding carboxylic acids is 1. The number of amides is 1. The van der Waals surface area contributed by atoms with E-state index in [4.69, 9.17) is 4.74 Å². The van der Waals surface area contributed by atoms with Crippen molar-refractivity contribution in [3.05, 3.63) is 30.1 Å². The van der Waals surface area contributed by atoms with Crippen LogP contribution in [-0.2, 0) is 4.79 Å². The highest BCUT2D eigenvalue weighted by atomic mass is 19.1. The first kappa shape index (κ1) is 15.3. The summed E-state index contributed by atoms with van der Waals surface area (Å²) in [6.07, 6.45) is 4.03. The zero-order chi connectivity index (χ0) is 15.6. The van der Waals surface area contributed by atoms with Crippen molar-refractivity contribution in [1.82, 2.24) is 9.80 Å². The van der Waals surface area contributed by atoms with Gasteiger partial charge < -0.3 is 9.64 Å². The van der Waals surface area contributed by atoms with E-state index in [1.165, 1.54) is 12.1 Å². The van der Waals surface area contributed by atoms with Gasteiger partial charge in [0.15, 0.2) is 0 Å². The van der Waals surface area contributed by atoms with Gasteiger partial charge in [-0.25, -0.2) is 4.39 Å². The van der Waals surface area contributed by atoms with Crippen molar-refractivity contribution in [2.45, 2.75) is 31.2 Å². The molecule has 5 heteroatoms. The molecule has 2 saturated heterocycles. The Kier molecular flexibility index (Phi) is 4.34. The van der Waals surface area contributed by atoms with E-state index in [2.05, 4.69) is 4.90 Å². The number of hydrogen-bond acceptors (Lipinski definition) is 3. The molecular formula is C17H23FN2O2. The molecule has 1 spiro atoms. The molecule has 22 heavy (non-hydrogen) atoms. The van der Waals surface area contributed by atoms with Crippen LogP contribution in [0.25, 0.3) is 0 Å². The fourth-order valence-corrected chi connectivity index (χ4v) is 3.76. The average Bonchev–Trinajstić information content (AvgIpc) is 2.91. The standard InChI is InChI=1S/C17H23FN2O2/c1-19-10-2-8-17(16(19)21)9-3-11-20(17)12-13-22-15-6-4-14(18)5-7-15/h4-7H,2-3,8-13H2,1H3. The van der Waals surface area contributed by atoms with Crippen molar-refractivity contribution in [3.63, 3.8) is 0 Å². The summed E-state index contributed by atoms with van der Waals surface area (Å²) in [5.41, 5.74) is -0.306. The van der Waals surface area contributed by atoms with Crippen LogP contribution in [0.1, 0.15) is 25.7 Å². The van der Waals surface area contributed by atoms with E-state index in [0.29, 0.717) is 12.4 Å². The van der Waals surface area contributed by atoms with Gasteiger partial charge in [0.25, 0.3) is 0 Å². The molecule has 1 unspecified atom stereocenters. The van der Waals surface area contributed by atoms with Gasteiger partial charge in [-0.3, -0.25) is 9.69 Å². The summed E-state index contributed by atoms with van der Waals surface area (Å²) in [5.74, 6) is 0.668. The summed E-state index contributed by atoms with van der Waals surface area (Å²) in [4.78, 5) is 16.8. The van der Waals surface area contributed by atoms with Gasteiger partial charge in [-0.1, -0.05) is 0 Å². The summed E-state index contributed by atoms with van der Waals surface area (Å²) in [6.45, 7) is 3.06. The van der Waals surface area contributed by atoms with Crippen molar-refractivity contribution in [3.8, 4) is 5.75 Å². The van der Waals surface area contributed by atoms with Gasteiger partial charge in [0.2, 0.25) is 5.91 Å². The maximum atomic E-state index is 12.9. The number of likely N-dealkylation sites (N-methyl/N-ethyl adjacent to an activating group) is 1. The number of likely N-dealkylation sites (tertiary alicyclic amines) is 2. The van der Waals surface area contributed by atoms with Gasteiger partial charge in [-0.05, 0) is 56.5 Å². The third kappa shape index (κ3) is 2.82. The number of rotatable bonds is 4. The summed E-state index contributed by atoms with van der Waals surface area (Å²) in [6, 6.07) is 6.06. The predicted molar refractivity (Wildman–Crippen MR) is 82.3 cm³/mol. The molecule has 2 aliphatic rings. The molecule has 2 aliphatic heterocycles. The number of benzene rings is 1.